The van der Waals surface area contributed by atoms with Crippen LogP contribution in [0.2, 0.25) is 0 Å². The zero-order valence-corrected chi connectivity index (χ0v) is 7.15. The van der Waals surface area contributed by atoms with Crippen LogP contribution in [-0.4, -0.2) is 6.04 Å². The second-order valence-corrected chi connectivity index (χ2v) is 2.94. The fraction of sp³-hybridized carbons (Fsp3) is 0.556. The second kappa shape index (κ2) is 4.15. The van der Waals surface area contributed by atoms with Gasteiger partial charge in [0.05, 0.1) is 0 Å². The summed E-state index contributed by atoms with van der Waals surface area (Å²) in [5.74, 6) is 0.579. The molecule has 1 nitrogen and oxygen atoms in total. The van der Waals surface area contributed by atoms with Crippen LogP contribution in [0.1, 0.15) is 20.8 Å². The first-order valence-electron chi connectivity index (χ1n) is 3.62. The summed E-state index contributed by atoms with van der Waals surface area (Å²) < 4.78 is 0. The molecule has 0 bridgehead atoms. The Morgan fingerprint density at radius 1 is 1.50 bits per heavy atom. The van der Waals surface area contributed by atoms with Crippen LogP contribution in [0.3, 0.4) is 0 Å². The van der Waals surface area contributed by atoms with Gasteiger partial charge in [0.25, 0.3) is 0 Å². The second-order valence-electron chi connectivity index (χ2n) is 2.94. The SMILES string of the molecule is C=CNC(C(=C)C)C(C)C. The van der Waals surface area contributed by atoms with Gasteiger partial charge in [-0.2, -0.15) is 0 Å². The molecule has 0 fully saturated rings. The molecule has 0 aromatic carbocycles. The van der Waals surface area contributed by atoms with Crippen LogP contribution < -0.4 is 5.32 Å². The third-order valence-corrected chi connectivity index (χ3v) is 1.49. The molecule has 0 aliphatic heterocycles. The smallest absolute Gasteiger partial charge is 0.0485 e. The molecule has 0 spiro atoms. The molecule has 0 saturated carbocycles. The highest BCUT2D eigenvalue weighted by Crippen LogP contribution is 2.08. The van der Waals surface area contributed by atoms with Crippen LogP contribution in [-0.2, 0) is 0 Å². The van der Waals surface area contributed by atoms with Crippen molar-refractivity contribution in [3.63, 3.8) is 0 Å². The highest BCUT2D eigenvalue weighted by molar-refractivity contribution is 5.04. The van der Waals surface area contributed by atoms with Gasteiger partial charge in [0, 0.05) is 6.04 Å². The van der Waals surface area contributed by atoms with E-state index < -0.39 is 0 Å². The summed E-state index contributed by atoms with van der Waals surface area (Å²) in [6, 6.07) is 0.373. The predicted molar refractivity (Wildman–Crippen MR) is 46.8 cm³/mol. The fourth-order valence-corrected chi connectivity index (χ4v) is 1.03. The molecule has 58 valence electrons. The molecular weight excluding hydrogens is 122 g/mol. The average Bonchev–Trinajstić information content (AvgIpc) is 1.81. The van der Waals surface area contributed by atoms with Crippen LogP contribution in [0.25, 0.3) is 0 Å². The Morgan fingerprint density at radius 2 is 2.00 bits per heavy atom. The third kappa shape index (κ3) is 2.72. The van der Waals surface area contributed by atoms with Gasteiger partial charge < -0.3 is 5.32 Å². The molecule has 0 aromatic rings. The quantitative estimate of drug-likeness (QED) is 0.589. The molecule has 1 N–H and O–H groups in total. The van der Waals surface area contributed by atoms with Gasteiger partial charge >= 0.3 is 0 Å². The van der Waals surface area contributed by atoms with Crippen molar-refractivity contribution >= 4 is 0 Å². The maximum absolute atomic E-state index is 3.89. The van der Waals surface area contributed by atoms with E-state index in [4.69, 9.17) is 0 Å². The van der Waals surface area contributed by atoms with Crippen molar-refractivity contribution in [1.82, 2.24) is 5.32 Å². The van der Waals surface area contributed by atoms with E-state index in [0.29, 0.717) is 12.0 Å². The standard InChI is InChI=1S/C9H17N/c1-6-10-9(7(2)3)8(4)5/h6,8-10H,1-2H2,3-5H3. The highest BCUT2D eigenvalue weighted by atomic mass is 14.9. The van der Waals surface area contributed by atoms with Gasteiger partial charge in [0.1, 0.15) is 0 Å². The fourth-order valence-electron chi connectivity index (χ4n) is 1.03. The van der Waals surface area contributed by atoms with E-state index in [1.807, 2.05) is 6.92 Å². The Morgan fingerprint density at radius 3 is 2.10 bits per heavy atom. The van der Waals surface area contributed by atoms with Gasteiger partial charge in [0.2, 0.25) is 0 Å². The molecule has 10 heavy (non-hydrogen) atoms. The van der Waals surface area contributed by atoms with Crippen LogP contribution >= 0.6 is 0 Å². The molecule has 0 aliphatic carbocycles. The zero-order chi connectivity index (χ0) is 8.15. The molecule has 1 atom stereocenters. The molecule has 1 heteroatoms. The van der Waals surface area contributed by atoms with Crippen molar-refractivity contribution in [2.75, 3.05) is 0 Å². The van der Waals surface area contributed by atoms with E-state index in [2.05, 4.69) is 32.3 Å². The number of nitrogens with one attached hydrogen (secondary N) is 1. The molecule has 0 radical (unpaired) electrons. The number of hydrogen-bond donors (Lipinski definition) is 1. The normalized spacial score (nSPS) is 12.8. The molecule has 0 rings (SSSR count). The molecule has 0 aromatic heterocycles. The summed E-state index contributed by atoms with van der Waals surface area (Å²) in [4.78, 5) is 0. The molecule has 1 unspecified atom stereocenters. The van der Waals surface area contributed by atoms with Crippen LogP contribution in [0.15, 0.2) is 24.9 Å². The summed E-state index contributed by atoms with van der Waals surface area (Å²) in [7, 11) is 0. The van der Waals surface area contributed by atoms with Gasteiger partial charge in [0.15, 0.2) is 0 Å². The van der Waals surface area contributed by atoms with Gasteiger partial charge in [-0.25, -0.2) is 0 Å². The first-order valence-corrected chi connectivity index (χ1v) is 3.62. The lowest BCUT2D eigenvalue weighted by molar-refractivity contribution is 0.495. The lowest BCUT2D eigenvalue weighted by atomic mass is 9.99. The van der Waals surface area contributed by atoms with E-state index in [1.165, 1.54) is 0 Å². The highest BCUT2D eigenvalue weighted by Gasteiger charge is 2.10. The van der Waals surface area contributed by atoms with E-state index in [1.54, 1.807) is 6.20 Å². The first kappa shape index (κ1) is 9.28. The van der Waals surface area contributed by atoms with Crippen molar-refractivity contribution in [1.29, 1.82) is 0 Å². The van der Waals surface area contributed by atoms with Gasteiger partial charge in [-0.1, -0.05) is 32.6 Å². The Hall–Kier alpha value is -0.720. The lowest BCUT2D eigenvalue weighted by Gasteiger charge is -2.20. The molecular formula is C9H17N. The topological polar surface area (TPSA) is 12.0 Å². The van der Waals surface area contributed by atoms with E-state index in [-0.39, 0.29) is 0 Å². The molecule has 0 aliphatic rings. The van der Waals surface area contributed by atoms with Crippen molar-refractivity contribution < 1.29 is 0 Å². The maximum Gasteiger partial charge on any atom is 0.0485 e. The summed E-state index contributed by atoms with van der Waals surface area (Å²) in [6.07, 6.45) is 1.72. The summed E-state index contributed by atoms with van der Waals surface area (Å²) in [6.45, 7) is 13.9. The third-order valence-electron chi connectivity index (χ3n) is 1.49. The summed E-state index contributed by atoms with van der Waals surface area (Å²) in [5.41, 5.74) is 1.16. The first-order chi connectivity index (χ1) is 4.59. The Balaban J connectivity index is 3.97. The minimum Gasteiger partial charge on any atom is -0.385 e. The van der Waals surface area contributed by atoms with Crippen LogP contribution in [0, 0.1) is 5.92 Å². The van der Waals surface area contributed by atoms with Crippen molar-refractivity contribution in [3.8, 4) is 0 Å². The van der Waals surface area contributed by atoms with Crippen molar-refractivity contribution in [2.24, 2.45) is 5.92 Å². The molecule has 0 saturated heterocycles. The Kier molecular flexibility index (Phi) is 3.85. The number of hydrogen-bond acceptors (Lipinski definition) is 1. The number of rotatable bonds is 4. The lowest BCUT2D eigenvalue weighted by Crippen LogP contribution is -2.30. The van der Waals surface area contributed by atoms with Crippen LogP contribution in [0.4, 0.5) is 0 Å². The zero-order valence-electron chi connectivity index (χ0n) is 7.15. The summed E-state index contributed by atoms with van der Waals surface area (Å²) >= 11 is 0. The minimum atomic E-state index is 0.373. The summed E-state index contributed by atoms with van der Waals surface area (Å²) in [5, 5.41) is 3.15. The van der Waals surface area contributed by atoms with E-state index in [9.17, 15) is 0 Å². The predicted octanol–water partition coefficient (Wildman–Crippen LogP) is 2.32. The average molecular weight is 139 g/mol. The Bertz CT molecular complexity index is 125. The Labute approximate surface area is 63.8 Å². The van der Waals surface area contributed by atoms with Gasteiger partial charge in [-0.15, -0.1) is 0 Å². The van der Waals surface area contributed by atoms with E-state index >= 15 is 0 Å². The molecule has 0 heterocycles. The van der Waals surface area contributed by atoms with Crippen molar-refractivity contribution in [3.05, 3.63) is 24.9 Å². The van der Waals surface area contributed by atoms with E-state index in [0.717, 1.165) is 5.57 Å². The molecule has 0 amide bonds. The van der Waals surface area contributed by atoms with Gasteiger partial charge in [-0.05, 0) is 19.0 Å². The minimum absolute atomic E-state index is 0.373. The monoisotopic (exact) mass is 139 g/mol. The van der Waals surface area contributed by atoms with Crippen LogP contribution in [0.5, 0.6) is 0 Å². The largest absolute Gasteiger partial charge is 0.385 e. The van der Waals surface area contributed by atoms with Gasteiger partial charge in [-0.3, -0.25) is 0 Å². The van der Waals surface area contributed by atoms with Crippen molar-refractivity contribution in [2.45, 2.75) is 26.8 Å². The maximum atomic E-state index is 3.89.